The summed E-state index contributed by atoms with van der Waals surface area (Å²) in [4.78, 5) is 14.1. The number of likely N-dealkylation sites (tertiary alicyclic amines) is 1. The first-order valence-corrected chi connectivity index (χ1v) is 7.10. The van der Waals surface area contributed by atoms with Crippen LogP contribution in [0.4, 0.5) is 10.1 Å². The zero-order chi connectivity index (χ0) is 14.4. The number of benzene rings is 1. The van der Waals surface area contributed by atoms with Crippen LogP contribution in [0.3, 0.4) is 0 Å². The van der Waals surface area contributed by atoms with Gasteiger partial charge in [-0.25, -0.2) is 4.39 Å². The van der Waals surface area contributed by atoms with Gasteiger partial charge in [-0.15, -0.1) is 12.4 Å². The molecular formula is C15H23ClFN3O. The van der Waals surface area contributed by atoms with Crippen molar-refractivity contribution >= 4 is 24.0 Å². The molecule has 1 atom stereocenters. The van der Waals surface area contributed by atoms with E-state index in [-0.39, 0.29) is 24.0 Å². The first-order chi connectivity index (χ1) is 9.69. The molecule has 21 heavy (non-hydrogen) atoms. The Morgan fingerprint density at radius 2 is 2.19 bits per heavy atom. The Balaban J connectivity index is 0.00000220. The number of anilines is 1. The second-order valence-corrected chi connectivity index (χ2v) is 5.33. The fraction of sp³-hybridized carbons (Fsp3) is 0.533. The van der Waals surface area contributed by atoms with Crippen molar-refractivity contribution in [1.82, 2.24) is 10.2 Å². The normalized spacial score (nSPS) is 18.9. The average molecular weight is 316 g/mol. The minimum Gasteiger partial charge on any atom is -0.322 e. The van der Waals surface area contributed by atoms with E-state index in [2.05, 4.69) is 15.5 Å². The third kappa shape index (κ3) is 5.61. The summed E-state index contributed by atoms with van der Waals surface area (Å²) in [5.41, 5.74) is 0.251. The van der Waals surface area contributed by atoms with Gasteiger partial charge in [-0.3, -0.25) is 9.69 Å². The van der Waals surface area contributed by atoms with E-state index in [4.69, 9.17) is 0 Å². The van der Waals surface area contributed by atoms with Crippen molar-refractivity contribution in [3.63, 3.8) is 0 Å². The number of halogens is 2. The van der Waals surface area contributed by atoms with Gasteiger partial charge in [0.05, 0.1) is 12.2 Å². The van der Waals surface area contributed by atoms with Crippen LogP contribution in [-0.4, -0.2) is 44.0 Å². The molecule has 2 N–H and O–H groups in total. The summed E-state index contributed by atoms with van der Waals surface area (Å²) in [5, 5.41) is 5.81. The van der Waals surface area contributed by atoms with Crippen LogP contribution in [0.2, 0.25) is 0 Å². The molecule has 1 saturated heterocycles. The maximum absolute atomic E-state index is 13.5. The highest BCUT2D eigenvalue weighted by atomic mass is 35.5. The molecule has 0 aliphatic carbocycles. The number of para-hydroxylation sites is 1. The summed E-state index contributed by atoms with van der Waals surface area (Å²) in [7, 11) is 1.95. The number of nitrogens with one attached hydrogen (secondary N) is 2. The maximum atomic E-state index is 13.5. The minimum atomic E-state index is -0.396. The summed E-state index contributed by atoms with van der Waals surface area (Å²) in [6, 6.07) is 6.24. The van der Waals surface area contributed by atoms with Gasteiger partial charge in [-0.1, -0.05) is 12.1 Å². The molecule has 1 heterocycles. The van der Waals surface area contributed by atoms with E-state index in [9.17, 15) is 9.18 Å². The highest BCUT2D eigenvalue weighted by Crippen LogP contribution is 2.16. The fourth-order valence-corrected chi connectivity index (χ4v) is 2.71. The maximum Gasteiger partial charge on any atom is 0.238 e. The number of carbonyl (C=O) groups excluding carboxylic acids is 1. The number of nitrogens with zero attached hydrogens (tertiary/aromatic N) is 1. The van der Waals surface area contributed by atoms with Crippen molar-refractivity contribution in [1.29, 1.82) is 0 Å². The number of hydrogen-bond donors (Lipinski definition) is 2. The van der Waals surface area contributed by atoms with Gasteiger partial charge in [-0.2, -0.15) is 0 Å². The van der Waals surface area contributed by atoms with Crippen molar-refractivity contribution in [2.45, 2.75) is 12.8 Å². The first-order valence-electron chi connectivity index (χ1n) is 7.10. The Kier molecular flexibility index (Phi) is 7.64. The van der Waals surface area contributed by atoms with E-state index in [0.717, 1.165) is 26.1 Å². The molecule has 118 valence electrons. The van der Waals surface area contributed by atoms with Crippen LogP contribution in [0.1, 0.15) is 12.8 Å². The molecule has 0 aromatic heterocycles. The highest BCUT2D eigenvalue weighted by molar-refractivity contribution is 5.92. The summed E-state index contributed by atoms with van der Waals surface area (Å²) >= 11 is 0. The summed E-state index contributed by atoms with van der Waals surface area (Å²) in [6.07, 6.45) is 2.31. The van der Waals surface area contributed by atoms with Crippen LogP contribution in [-0.2, 0) is 4.79 Å². The van der Waals surface area contributed by atoms with Crippen LogP contribution in [0, 0.1) is 11.7 Å². The van der Waals surface area contributed by atoms with Crippen molar-refractivity contribution in [2.75, 3.05) is 38.5 Å². The van der Waals surface area contributed by atoms with E-state index in [1.807, 2.05) is 7.05 Å². The van der Waals surface area contributed by atoms with Crippen molar-refractivity contribution in [3.8, 4) is 0 Å². The zero-order valence-corrected chi connectivity index (χ0v) is 13.1. The predicted octanol–water partition coefficient (Wildman–Crippen LogP) is 2.12. The second-order valence-electron chi connectivity index (χ2n) is 5.33. The lowest BCUT2D eigenvalue weighted by Gasteiger charge is -2.32. The van der Waals surface area contributed by atoms with E-state index >= 15 is 0 Å². The standard InChI is InChI=1S/C15H22FN3O.ClH/c1-17-9-12-5-4-8-19(10-12)11-15(20)18-14-7-3-2-6-13(14)16;/h2-3,6-7,12,17H,4-5,8-11H2,1H3,(H,18,20);1H. The molecule has 4 nitrogen and oxygen atoms in total. The molecule has 1 amide bonds. The average Bonchev–Trinajstić information content (AvgIpc) is 2.42. The Hall–Kier alpha value is -1.17. The number of carbonyl (C=O) groups is 1. The van der Waals surface area contributed by atoms with Gasteiger partial charge in [-0.05, 0) is 51.0 Å². The van der Waals surface area contributed by atoms with E-state index in [0.29, 0.717) is 12.5 Å². The smallest absolute Gasteiger partial charge is 0.238 e. The molecule has 1 aliphatic heterocycles. The van der Waals surface area contributed by atoms with E-state index in [1.165, 1.54) is 12.5 Å². The summed E-state index contributed by atoms with van der Waals surface area (Å²) < 4.78 is 13.5. The van der Waals surface area contributed by atoms with Crippen LogP contribution >= 0.6 is 12.4 Å². The molecule has 0 saturated carbocycles. The molecule has 2 rings (SSSR count). The molecule has 6 heteroatoms. The number of rotatable bonds is 5. The molecule has 1 fully saturated rings. The Labute approximate surface area is 131 Å². The van der Waals surface area contributed by atoms with Gasteiger partial charge in [0.25, 0.3) is 0 Å². The van der Waals surface area contributed by atoms with Gasteiger partial charge in [0.2, 0.25) is 5.91 Å². The lowest BCUT2D eigenvalue weighted by molar-refractivity contribution is -0.117. The SMILES string of the molecule is CNCC1CCCN(CC(=O)Nc2ccccc2F)C1.Cl. The Morgan fingerprint density at radius 3 is 2.90 bits per heavy atom. The number of amides is 1. The van der Waals surface area contributed by atoms with Crippen molar-refractivity contribution in [3.05, 3.63) is 30.1 Å². The molecule has 0 spiro atoms. The summed E-state index contributed by atoms with van der Waals surface area (Å²) in [5.74, 6) is 0.0442. The van der Waals surface area contributed by atoms with Gasteiger partial charge in [0.15, 0.2) is 0 Å². The quantitative estimate of drug-likeness (QED) is 0.875. The second kappa shape index (κ2) is 8.97. The van der Waals surface area contributed by atoms with Crippen LogP contribution in [0.15, 0.2) is 24.3 Å². The number of hydrogen-bond acceptors (Lipinski definition) is 3. The zero-order valence-electron chi connectivity index (χ0n) is 12.3. The minimum absolute atomic E-state index is 0. The Morgan fingerprint density at radius 1 is 1.43 bits per heavy atom. The van der Waals surface area contributed by atoms with Gasteiger partial charge in [0.1, 0.15) is 5.82 Å². The molecule has 1 unspecified atom stereocenters. The summed E-state index contributed by atoms with van der Waals surface area (Å²) in [6.45, 7) is 3.16. The molecule has 1 aromatic rings. The van der Waals surface area contributed by atoms with Gasteiger partial charge >= 0.3 is 0 Å². The first kappa shape index (κ1) is 17.9. The third-order valence-corrected chi connectivity index (χ3v) is 3.61. The lowest BCUT2D eigenvalue weighted by Crippen LogP contribution is -2.42. The van der Waals surface area contributed by atoms with E-state index < -0.39 is 5.82 Å². The van der Waals surface area contributed by atoms with Crippen LogP contribution < -0.4 is 10.6 Å². The molecule has 0 radical (unpaired) electrons. The highest BCUT2D eigenvalue weighted by Gasteiger charge is 2.21. The molecular weight excluding hydrogens is 293 g/mol. The van der Waals surface area contributed by atoms with Crippen molar-refractivity contribution in [2.24, 2.45) is 5.92 Å². The Bertz CT molecular complexity index is 456. The van der Waals surface area contributed by atoms with Gasteiger partial charge < -0.3 is 10.6 Å². The molecule has 0 bridgehead atoms. The van der Waals surface area contributed by atoms with Crippen LogP contribution in [0.25, 0.3) is 0 Å². The van der Waals surface area contributed by atoms with Crippen molar-refractivity contribution < 1.29 is 9.18 Å². The number of piperidine rings is 1. The van der Waals surface area contributed by atoms with Crippen LogP contribution in [0.5, 0.6) is 0 Å². The fourth-order valence-electron chi connectivity index (χ4n) is 2.71. The monoisotopic (exact) mass is 315 g/mol. The molecule has 1 aliphatic rings. The van der Waals surface area contributed by atoms with Gasteiger partial charge in [0, 0.05) is 6.54 Å². The topological polar surface area (TPSA) is 44.4 Å². The third-order valence-electron chi connectivity index (χ3n) is 3.61. The van der Waals surface area contributed by atoms with E-state index in [1.54, 1.807) is 18.2 Å². The predicted molar refractivity (Wildman–Crippen MR) is 85.4 cm³/mol. The molecule has 1 aromatic carbocycles. The largest absolute Gasteiger partial charge is 0.322 e. The lowest BCUT2D eigenvalue weighted by atomic mass is 9.98.